The number of imide groups is 1. The minimum Gasteiger partial charge on any atom is -0.426 e. The fraction of sp³-hybridized carbons (Fsp3) is 0.379. The Hall–Kier alpha value is -4.34. The zero-order valence-corrected chi connectivity index (χ0v) is 21.1. The molecule has 0 N–H and O–H groups in total. The van der Waals surface area contributed by atoms with Gasteiger partial charge in [-0.1, -0.05) is 12.2 Å². The van der Waals surface area contributed by atoms with Crippen LogP contribution in [0.4, 0.5) is 17.1 Å². The number of benzene rings is 2. The lowest BCUT2D eigenvalue weighted by molar-refractivity contribution is -0.384. The summed E-state index contributed by atoms with van der Waals surface area (Å²) < 4.78 is 5.59. The van der Waals surface area contributed by atoms with E-state index < -0.39 is 16.8 Å². The van der Waals surface area contributed by atoms with Crippen molar-refractivity contribution in [1.82, 2.24) is 0 Å². The summed E-state index contributed by atoms with van der Waals surface area (Å²) in [4.78, 5) is 65.5. The minimum absolute atomic E-state index is 0.0369. The summed E-state index contributed by atoms with van der Waals surface area (Å²) in [5.74, 6) is -0.783. The monoisotopic (exact) mass is 527 g/mol. The molecule has 2 bridgehead atoms. The van der Waals surface area contributed by atoms with Crippen molar-refractivity contribution >= 4 is 40.8 Å². The fourth-order valence-corrected chi connectivity index (χ4v) is 7.21. The fourth-order valence-electron chi connectivity index (χ4n) is 7.21. The molecule has 4 aliphatic carbocycles. The Balaban J connectivity index is 1.05. The summed E-state index contributed by atoms with van der Waals surface area (Å²) in [6.07, 6.45) is 5.35. The van der Waals surface area contributed by atoms with E-state index in [0.717, 1.165) is 6.42 Å². The van der Waals surface area contributed by atoms with Crippen LogP contribution >= 0.6 is 0 Å². The molecule has 0 radical (unpaired) electrons. The van der Waals surface area contributed by atoms with Crippen LogP contribution < -0.4 is 14.5 Å². The van der Waals surface area contributed by atoms with Gasteiger partial charge in [0.05, 0.1) is 28.4 Å². The minimum atomic E-state index is -0.702. The smallest absolute Gasteiger partial charge is 0.316 e. The predicted molar refractivity (Wildman–Crippen MR) is 138 cm³/mol. The summed E-state index contributed by atoms with van der Waals surface area (Å²) in [6, 6.07) is 10.4. The summed E-state index contributed by atoms with van der Waals surface area (Å²) in [5.41, 5.74) is 1.54. The average molecular weight is 528 g/mol. The van der Waals surface area contributed by atoms with Gasteiger partial charge in [-0.2, -0.15) is 0 Å². The first-order valence-corrected chi connectivity index (χ1v) is 13.2. The first-order chi connectivity index (χ1) is 18.7. The van der Waals surface area contributed by atoms with E-state index in [4.69, 9.17) is 4.74 Å². The molecule has 6 aliphatic rings. The zero-order chi connectivity index (χ0) is 27.2. The first-order valence-electron chi connectivity index (χ1n) is 13.2. The number of non-ortho nitro benzene ring substituents is 1. The Bertz CT molecular complexity index is 1460. The molecule has 7 atom stereocenters. The lowest BCUT2D eigenvalue weighted by Gasteiger charge is -2.37. The Morgan fingerprint density at radius 3 is 2.21 bits per heavy atom. The molecular weight excluding hydrogens is 502 g/mol. The van der Waals surface area contributed by atoms with Crippen molar-refractivity contribution < 1.29 is 28.8 Å². The lowest BCUT2D eigenvalue weighted by atomic mass is 9.63. The molecule has 10 nitrogen and oxygen atoms in total. The molecular formula is C29H25N3O7. The second-order valence-corrected chi connectivity index (χ2v) is 11.2. The number of aryl methyl sites for hydroxylation is 1. The molecule has 0 unspecified atom stereocenters. The number of carbonyl (C=O) groups excluding carboxylic acids is 4. The van der Waals surface area contributed by atoms with Gasteiger partial charge in [-0.25, -0.2) is 4.90 Å². The van der Waals surface area contributed by atoms with Crippen LogP contribution in [0.5, 0.6) is 5.75 Å². The second kappa shape index (κ2) is 8.33. The number of amides is 3. The molecule has 2 aliphatic heterocycles. The van der Waals surface area contributed by atoms with Crippen molar-refractivity contribution in [2.24, 2.45) is 41.4 Å². The zero-order valence-electron chi connectivity index (χ0n) is 21.1. The number of nitrogens with zero attached hydrogens (tertiary/aromatic N) is 3. The SMILES string of the molecule is Cc1cc(OC(=O)[C@@H]2CC(=O)N(c3ccc([N+](=O)[O-])cc3)C2)ccc1N1C(=O)[C@@H]2[C@H]3C=C[C@@H]([C@@H]4C[C@H]34)[C@H]2C1=O. The van der Waals surface area contributed by atoms with E-state index in [2.05, 4.69) is 12.2 Å². The largest absolute Gasteiger partial charge is 0.426 e. The maximum atomic E-state index is 13.4. The van der Waals surface area contributed by atoms with Crippen LogP contribution in [0.3, 0.4) is 0 Å². The number of carbonyl (C=O) groups is 4. The summed E-state index contributed by atoms with van der Waals surface area (Å²) in [6.45, 7) is 1.87. The number of hydrogen-bond acceptors (Lipinski definition) is 7. The third-order valence-corrected chi connectivity index (χ3v) is 9.12. The highest BCUT2D eigenvalue weighted by atomic mass is 16.6. The van der Waals surface area contributed by atoms with Crippen molar-refractivity contribution in [3.05, 3.63) is 70.3 Å². The third-order valence-electron chi connectivity index (χ3n) is 9.12. The van der Waals surface area contributed by atoms with Crippen LogP contribution in [0.25, 0.3) is 0 Å². The quantitative estimate of drug-likeness (QED) is 0.146. The normalized spacial score (nSPS) is 31.9. The van der Waals surface area contributed by atoms with Crippen LogP contribution in [0.1, 0.15) is 18.4 Å². The number of hydrogen-bond donors (Lipinski definition) is 0. The number of anilines is 2. The molecule has 10 heteroatoms. The molecule has 0 aromatic heterocycles. The Kier molecular flexibility index (Phi) is 5.07. The van der Waals surface area contributed by atoms with Gasteiger partial charge in [0.15, 0.2) is 0 Å². The van der Waals surface area contributed by atoms with E-state index in [0.29, 0.717) is 28.8 Å². The summed E-state index contributed by atoms with van der Waals surface area (Å²) in [7, 11) is 0. The predicted octanol–water partition coefficient (Wildman–Crippen LogP) is 3.42. The molecule has 4 fully saturated rings. The molecule has 39 heavy (non-hydrogen) atoms. The molecule has 2 aromatic rings. The number of ether oxygens (including phenoxy) is 1. The second-order valence-electron chi connectivity index (χ2n) is 11.2. The third kappa shape index (κ3) is 3.54. The van der Waals surface area contributed by atoms with E-state index >= 15 is 0 Å². The highest BCUT2D eigenvalue weighted by molar-refractivity contribution is 6.23. The van der Waals surface area contributed by atoms with Crippen LogP contribution in [0, 0.1) is 58.5 Å². The summed E-state index contributed by atoms with van der Waals surface area (Å²) in [5, 5.41) is 10.9. The van der Waals surface area contributed by atoms with E-state index in [1.165, 1.54) is 34.1 Å². The number of rotatable bonds is 5. The number of allylic oxidation sites excluding steroid dienone is 2. The van der Waals surface area contributed by atoms with E-state index in [-0.39, 0.29) is 65.8 Å². The lowest BCUT2D eigenvalue weighted by Crippen LogP contribution is -2.40. The van der Waals surface area contributed by atoms with E-state index in [1.807, 2.05) is 0 Å². The van der Waals surface area contributed by atoms with Crippen molar-refractivity contribution in [2.45, 2.75) is 19.8 Å². The van der Waals surface area contributed by atoms with Gasteiger partial charge in [0.25, 0.3) is 5.69 Å². The van der Waals surface area contributed by atoms with Crippen molar-refractivity contribution in [3.63, 3.8) is 0 Å². The molecule has 0 spiro atoms. The number of nitro groups is 1. The van der Waals surface area contributed by atoms with Gasteiger partial charge in [0.2, 0.25) is 17.7 Å². The van der Waals surface area contributed by atoms with E-state index in [1.54, 1.807) is 25.1 Å². The Morgan fingerprint density at radius 1 is 0.974 bits per heavy atom. The van der Waals surface area contributed by atoms with Crippen LogP contribution in [-0.4, -0.2) is 35.2 Å². The van der Waals surface area contributed by atoms with Gasteiger partial charge >= 0.3 is 5.97 Å². The standard InChI is InChI=1S/C29H25N3O7/c1-14-10-18(39-29(36)15-11-24(33)30(13-15)16-2-4-17(5-3-16)32(37)38)6-9-23(14)31-27(34)25-19-7-8-20(22-12-21(19)22)26(25)28(31)35/h2-10,15,19-22,25-26H,11-13H2,1H3/t15-,19+,20+,21-,22+,25-,26-/m1/s1. The van der Waals surface area contributed by atoms with Crippen molar-refractivity contribution in [2.75, 3.05) is 16.3 Å². The highest BCUT2D eigenvalue weighted by Gasteiger charge is 2.67. The van der Waals surface area contributed by atoms with Crippen LogP contribution in [0.2, 0.25) is 0 Å². The number of nitro benzene ring substituents is 1. The Morgan fingerprint density at radius 2 is 1.62 bits per heavy atom. The van der Waals surface area contributed by atoms with Crippen molar-refractivity contribution in [3.8, 4) is 5.75 Å². The van der Waals surface area contributed by atoms with Gasteiger partial charge in [-0.15, -0.1) is 0 Å². The summed E-state index contributed by atoms with van der Waals surface area (Å²) >= 11 is 0. The molecule has 8 rings (SSSR count). The molecule has 2 heterocycles. The van der Waals surface area contributed by atoms with Crippen LogP contribution in [-0.2, 0) is 19.2 Å². The van der Waals surface area contributed by atoms with Crippen LogP contribution in [0.15, 0.2) is 54.6 Å². The van der Waals surface area contributed by atoms with Gasteiger partial charge < -0.3 is 9.64 Å². The molecule has 2 saturated heterocycles. The molecule has 2 aromatic carbocycles. The number of esters is 1. The first kappa shape index (κ1) is 23.8. The average Bonchev–Trinajstić information content (AvgIpc) is 3.60. The van der Waals surface area contributed by atoms with Gasteiger partial charge in [0.1, 0.15) is 5.75 Å². The highest BCUT2D eigenvalue weighted by Crippen LogP contribution is 2.65. The topological polar surface area (TPSA) is 127 Å². The molecule has 198 valence electrons. The van der Waals surface area contributed by atoms with Gasteiger partial charge in [-0.05, 0) is 72.9 Å². The van der Waals surface area contributed by atoms with E-state index in [9.17, 15) is 29.3 Å². The molecule has 3 amide bonds. The van der Waals surface area contributed by atoms with Crippen molar-refractivity contribution in [1.29, 1.82) is 0 Å². The maximum absolute atomic E-state index is 13.4. The Labute approximate surface area is 223 Å². The van der Waals surface area contributed by atoms with Gasteiger partial charge in [0, 0.05) is 30.8 Å². The van der Waals surface area contributed by atoms with Gasteiger partial charge in [-0.3, -0.25) is 29.3 Å². The maximum Gasteiger partial charge on any atom is 0.316 e. The molecule has 2 saturated carbocycles.